The summed E-state index contributed by atoms with van der Waals surface area (Å²) in [5.41, 5.74) is 2.45. The molecule has 0 aliphatic carbocycles. The van der Waals surface area contributed by atoms with Gasteiger partial charge in [0.15, 0.2) is 5.58 Å². The molecule has 4 rings (SSSR count). The van der Waals surface area contributed by atoms with Crippen molar-refractivity contribution in [3.8, 4) is 0 Å². The third kappa shape index (κ3) is 4.12. The number of benzene rings is 1. The molecular formula is C21H23ClN4O2. The summed E-state index contributed by atoms with van der Waals surface area (Å²) < 4.78 is 5.88. The molecule has 28 heavy (non-hydrogen) atoms. The number of carbonyl (C=O) groups is 1. The second kappa shape index (κ2) is 8.19. The first kappa shape index (κ1) is 18.7. The Bertz CT molecular complexity index is 959. The first-order valence-electron chi connectivity index (χ1n) is 9.56. The van der Waals surface area contributed by atoms with Crippen LogP contribution in [0.15, 0.2) is 47.0 Å². The van der Waals surface area contributed by atoms with Crippen LogP contribution >= 0.6 is 11.6 Å². The van der Waals surface area contributed by atoms with Crippen LogP contribution < -0.4 is 4.90 Å². The molecule has 6 nitrogen and oxygen atoms in total. The molecule has 0 spiro atoms. The second-order valence-corrected chi connectivity index (χ2v) is 7.66. The van der Waals surface area contributed by atoms with Crippen molar-refractivity contribution in [3.63, 3.8) is 0 Å². The Hall–Kier alpha value is -2.60. The van der Waals surface area contributed by atoms with E-state index < -0.39 is 0 Å². The van der Waals surface area contributed by atoms with Crippen LogP contribution in [0.3, 0.4) is 0 Å². The van der Waals surface area contributed by atoms with E-state index in [9.17, 15) is 4.79 Å². The molecule has 1 aliphatic rings. The third-order valence-corrected chi connectivity index (χ3v) is 5.42. The summed E-state index contributed by atoms with van der Waals surface area (Å²) in [7, 11) is 1.87. The highest BCUT2D eigenvalue weighted by molar-refractivity contribution is 6.31. The van der Waals surface area contributed by atoms with Gasteiger partial charge in [0.1, 0.15) is 5.52 Å². The van der Waals surface area contributed by atoms with Crippen molar-refractivity contribution in [3.05, 3.63) is 53.3 Å². The number of amides is 1. The molecule has 1 fully saturated rings. The van der Waals surface area contributed by atoms with E-state index in [1.807, 2.05) is 36.2 Å². The Balaban J connectivity index is 1.40. The van der Waals surface area contributed by atoms with E-state index in [1.165, 1.54) is 0 Å². The molecule has 1 aliphatic heterocycles. The van der Waals surface area contributed by atoms with Gasteiger partial charge in [-0.1, -0.05) is 17.7 Å². The molecule has 1 saturated heterocycles. The Labute approximate surface area is 169 Å². The van der Waals surface area contributed by atoms with Gasteiger partial charge in [-0.25, -0.2) is 0 Å². The van der Waals surface area contributed by atoms with Crippen LogP contribution in [0.4, 0.5) is 6.01 Å². The lowest BCUT2D eigenvalue weighted by Crippen LogP contribution is -2.44. The normalized spacial score (nSPS) is 17.1. The van der Waals surface area contributed by atoms with Crippen molar-refractivity contribution < 1.29 is 9.21 Å². The SMILES string of the molecule is CN(CCc1ccccn1)C(=O)C1CCCN(c2nc3cc(Cl)ccc3o2)C1. The predicted molar refractivity (Wildman–Crippen MR) is 110 cm³/mol. The number of aromatic nitrogens is 2. The smallest absolute Gasteiger partial charge is 0.298 e. The van der Waals surface area contributed by atoms with Crippen LogP contribution in [0, 0.1) is 5.92 Å². The Morgan fingerprint density at radius 2 is 2.25 bits per heavy atom. The molecule has 1 atom stereocenters. The van der Waals surface area contributed by atoms with E-state index in [-0.39, 0.29) is 11.8 Å². The van der Waals surface area contributed by atoms with Gasteiger partial charge < -0.3 is 14.2 Å². The lowest BCUT2D eigenvalue weighted by Gasteiger charge is -2.33. The van der Waals surface area contributed by atoms with Crippen molar-refractivity contribution in [2.75, 3.05) is 31.6 Å². The Morgan fingerprint density at radius 3 is 3.07 bits per heavy atom. The molecule has 7 heteroatoms. The average Bonchev–Trinajstić information content (AvgIpc) is 3.15. The zero-order valence-electron chi connectivity index (χ0n) is 15.8. The molecule has 146 valence electrons. The number of hydrogen-bond donors (Lipinski definition) is 0. The number of anilines is 1. The van der Waals surface area contributed by atoms with Crippen LogP contribution in [0.2, 0.25) is 5.02 Å². The van der Waals surface area contributed by atoms with Gasteiger partial charge in [-0.15, -0.1) is 0 Å². The molecule has 0 N–H and O–H groups in total. The van der Waals surface area contributed by atoms with Gasteiger partial charge in [-0.05, 0) is 43.2 Å². The number of halogens is 1. The van der Waals surface area contributed by atoms with Gasteiger partial charge in [0.05, 0.1) is 5.92 Å². The standard InChI is InChI=1S/C21H23ClN4O2/c1-25(12-9-17-6-2-3-10-23-17)20(27)15-5-4-11-26(14-15)21-24-18-13-16(22)7-8-19(18)28-21/h2-3,6-8,10,13,15H,4-5,9,11-12,14H2,1H3. The zero-order chi connectivity index (χ0) is 19.5. The fourth-order valence-corrected chi connectivity index (χ4v) is 3.79. The number of pyridine rings is 1. The topological polar surface area (TPSA) is 62.5 Å². The van der Waals surface area contributed by atoms with Gasteiger partial charge in [0.2, 0.25) is 5.91 Å². The van der Waals surface area contributed by atoms with Crippen LogP contribution in [-0.4, -0.2) is 47.5 Å². The molecular weight excluding hydrogens is 376 g/mol. The van der Waals surface area contributed by atoms with Crippen molar-refractivity contribution >= 4 is 34.6 Å². The first-order valence-corrected chi connectivity index (χ1v) is 9.94. The van der Waals surface area contributed by atoms with Gasteiger partial charge in [0, 0.05) is 50.0 Å². The lowest BCUT2D eigenvalue weighted by atomic mass is 9.97. The fraction of sp³-hybridized carbons (Fsp3) is 0.381. The highest BCUT2D eigenvalue weighted by Crippen LogP contribution is 2.28. The number of rotatable bonds is 5. The number of carbonyl (C=O) groups excluding carboxylic acids is 1. The third-order valence-electron chi connectivity index (χ3n) is 5.19. The van der Waals surface area contributed by atoms with Crippen molar-refractivity contribution in [1.29, 1.82) is 0 Å². The highest BCUT2D eigenvalue weighted by atomic mass is 35.5. The van der Waals surface area contributed by atoms with E-state index in [4.69, 9.17) is 16.0 Å². The molecule has 2 aromatic heterocycles. The van der Waals surface area contributed by atoms with E-state index in [2.05, 4.69) is 14.9 Å². The van der Waals surface area contributed by atoms with Crippen LogP contribution in [0.5, 0.6) is 0 Å². The summed E-state index contributed by atoms with van der Waals surface area (Å²) in [4.78, 5) is 25.7. The number of piperidine rings is 1. The summed E-state index contributed by atoms with van der Waals surface area (Å²) in [6.45, 7) is 2.11. The molecule has 0 bridgehead atoms. The van der Waals surface area contributed by atoms with Crippen LogP contribution in [0.25, 0.3) is 11.1 Å². The first-order chi connectivity index (χ1) is 13.6. The van der Waals surface area contributed by atoms with Crippen molar-refractivity contribution in [2.45, 2.75) is 19.3 Å². The van der Waals surface area contributed by atoms with E-state index in [0.717, 1.165) is 37.0 Å². The molecule has 1 aromatic carbocycles. The van der Waals surface area contributed by atoms with E-state index in [1.54, 1.807) is 18.3 Å². The van der Waals surface area contributed by atoms with Gasteiger partial charge >= 0.3 is 0 Å². The molecule has 1 amide bonds. The average molecular weight is 399 g/mol. The maximum Gasteiger partial charge on any atom is 0.298 e. The molecule has 0 saturated carbocycles. The zero-order valence-corrected chi connectivity index (χ0v) is 16.6. The molecule has 3 aromatic rings. The lowest BCUT2D eigenvalue weighted by molar-refractivity contribution is -0.134. The largest absolute Gasteiger partial charge is 0.423 e. The van der Waals surface area contributed by atoms with Gasteiger partial charge in [-0.2, -0.15) is 4.98 Å². The number of likely N-dealkylation sites (N-methyl/N-ethyl adjacent to an activating group) is 1. The summed E-state index contributed by atoms with van der Waals surface area (Å²) in [6.07, 6.45) is 4.36. The molecule has 0 radical (unpaired) electrons. The second-order valence-electron chi connectivity index (χ2n) is 7.22. The number of oxazole rings is 1. The summed E-state index contributed by atoms with van der Waals surface area (Å²) in [5.74, 6) is 0.112. The maximum absolute atomic E-state index is 12.9. The Kier molecular flexibility index (Phi) is 5.48. The summed E-state index contributed by atoms with van der Waals surface area (Å²) in [5, 5.41) is 0.633. The highest BCUT2D eigenvalue weighted by Gasteiger charge is 2.30. The van der Waals surface area contributed by atoms with Gasteiger partial charge in [0.25, 0.3) is 6.01 Å². The summed E-state index contributed by atoms with van der Waals surface area (Å²) >= 11 is 6.04. The maximum atomic E-state index is 12.9. The molecule has 3 heterocycles. The van der Waals surface area contributed by atoms with E-state index >= 15 is 0 Å². The minimum absolute atomic E-state index is 0.0546. The van der Waals surface area contributed by atoms with Gasteiger partial charge in [-0.3, -0.25) is 9.78 Å². The quantitative estimate of drug-likeness (QED) is 0.654. The fourth-order valence-electron chi connectivity index (χ4n) is 3.63. The number of hydrogen-bond acceptors (Lipinski definition) is 5. The summed E-state index contributed by atoms with van der Waals surface area (Å²) in [6, 6.07) is 11.8. The van der Waals surface area contributed by atoms with Crippen LogP contribution in [0.1, 0.15) is 18.5 Å². The van der Waals surface area contributed by atoms with Crippen molar-refractivity contribution in [2.24, 2.45) is 5.92 Å². The predicted octanol–water partition coefficient (Wildman–Crippen LogP) is 3.79. The number of fused-ring (bicyclic) bond motifs is 1. The number of nitrogens with zero attached hydrogens (tertiary/aromatic N) is 4. The monoisotopic (exact) mass is 398 g/mol. The van der Waals surface area contributed by atoms with Crippen LogP contribution in [-0.2, 0) is 11.2 Å². The Morgan fingerprint density at radius 1 is 1.36 bits per heavy atom. The minimum atomic E-state index is -0.0546. The minimum Gasteiger partial charge on any atom is -0.423 e. The van der Waals surface area contributed by atoms with Crippen molar-refractivity contribution in [1.82, 2.24) is 14.9 Å². The van der Waals surface area contributed by atoms with E-state index in [0.29, 0.717) is 29.7 Å². The molecule has 1 unspecified atom stereocenters.